The zero-order chi connectivity index (χ0) is 20.9. The smallest absolute Gasteiger partial charge is 0.338 e. The topological polar surface area (TPSA) is 69.7 Å². The summed E-state index contributed by atoms with van der Waals surface area (Å²) in [5, 5.41) is 0. The number of rotatable bonds is 14. The zero-order valence-electron chi connectivity index (χ0n) is 17.6. The molecule has 1 saturated heterocycles. The molecule has 0 aliphatic carbocycles. The summed E-state index contributed by atoms with van der Waals surface area (Å²) in [6, 6.07) is 8.88. The Morgan fingerprint density at radius 2 is 1.79 bits per heavy atom. The SMILES string of the molecule is CCCCCCCC(=O)CCC[C@@H](CC1CCC(=O)O1)OC(=O)c1ccccc1. The summed E-state index contributed by atoms with van der Waals surface area (Å²) in [5.74, 6) is -0.287. The molecule has 1 aromatic carbocycles. The monoisotopic (exact) mass is 402 g/mol. The maximum Gasteiger partial charge on any atom is 0.338 e. The van der Waals surface area contributed by atoms with E-state index in [1.165, 1.54) is 19.3 Å². The summed E-state index contributed by atoms with van der Waals surface area (Å²) >= 11 is 0. The lowest BCUT2D eigenvalue weighted by molar-refractivity contribution is -0.142. The zero-order valence-corrected chi connectivity index (χ0v) is 17.6. The second kappa shape index (κ2) is 13.1. The van der Waals surface area contributed by atoms with Crippen LogP contribution in [0, 0.1) is 0 Å². The van der Waals surface area contributed by atoms with Crippen LogP contribution in [-0.2, 0) is 19.1 Å². The lowest BCUT2D eigenvalue weighted by Gasteiger charge is -2.20. The number of ether oxygens (including phenoxy) is 2. The summed E-state index contributed by atoms with van der Waals surface area (Å²) in [7, 11) is 0. The molecule has 0 amide bonds. The molecule has 160 valence electrons. The van der Waals surface area contributed by atoms with Crippen LogP contribution in [0.1, 0.15) is 94.3 Å². The van der Waals surface area contributed by atoms with Gasteiger partial charge in [0.05, 0.1) is 5.56 Å². The van der Waals surface area contributed by atoms with Gasteiger partial charge in [0.1, 0.15) is 18.0 Å². The normalized spacial score (nSPS) is 17.0. The first-order valence-electron chi connectivity index (χ1n) is 11.1. The number of cyclic esters (lactones) is 1. The number of esters is 2. The Morgan fingerprint density at radius 1 is 1.07 bits per heavy atom. The van der Waals surface area contributed by atoms with E-state index in [9.17, 15) is 14.4 Å². The molecule has 0 aromatic heterocycles. The van der Waals surface area contributed by atoms with Crippen LogP contribution >= 0.6 is 0 Å². The van der Waals surface area contributed by atoms with E-state index in [4.69, 9.17) is 9.47 Å². The highest BCUT2D eigenvalue weighted by atomic mass is 16.6. The fourth-order valence-electron chi connectivity index (χ4n) is 3.64. The minimum Gasteiger partial charge on any atom is -0.462 e. The number of unbranched alkanes of at least 4 members (excludes halogenated alkanes) is 4. The number of hydrogen-bond acceptors (Lipinski definition) is 5. The third-order valence-corrected chi connectivity index (χ3v) is 5.32. The number of carbonyl (C=O) groups is 3. The van der Waals surface area contributed by atoms with Crippen LogP contribution in [0.3, 0.4) is 0 Å². The van der Waals surface area contributed by atoms with Crippen molar-refractivity contribution in [1.82, 2.24) is 0 Å². The van der Waals surface area contributed by atoms with Crippen molar-refractivity contribution in [1.29, 1.82) is 0 Å². The van der Waals surface area contributed by atoms with E-state index in [1.54, 1.807) is 24.3 Å². The van der Waals surface area contributed by atoms with Crippen LogP contribution in [0.15, 0.2) is 30.3 Å². The summed E-state index contributed by atoms with van der Waals surface area (Å²) in [6.45, 7) is 2.18. The fraction of sp³-hybridized carbons (Fsp3) is 0.625. The van der Waals surface area contributed by atoms with Crippen LogP contribution in [0.25, 0.3) is 0 Å². The second-order valence-corrected chi connectivity index (χ2v) is 7.87. The van der Waals surface area contributed by atoms with Gasteiger partial charge >= 0.3 is 11.9 Å². The highest BCUT2D eigenvalue weighted by molar-refractivity contribution is 5.89. The molecule has 1 fully saturated rings. The van der Waals surface area contributed by atoms with Crippen molar-refractivity contribution in [2.45, 2.75) is 96.2 Å². The summed E-state index contributed by atoms with van der Waals surface area (Å²) in [6.07, 6.45) is 9.16. The largest absolute Gasteiger partial charge is 0.462 e. The van der Waals surface area contributed by atoms with E-state index in [0.717, 1.165) is 12.8 Å². The van der Waals surface area contributed by atoms with Gasteiger partial charge in [0, 0.05) is 25.7 Å². The molecule has 0 spiro atoms. The fourth-order valence-corrected chi connectivity index (χ4v) is 3.64. The molecule has 0 radical (unpaired) electrons. The van der Waals surface area contributed by atoms with Crippen molar-refractivity contribution in [2.75, 3.05) is 0 Å². The van der Waals surface area contributed by atoms with Crippen molar-refractivity contribution in [2.24, 2.45) is 0 Å². The van der Waals surface area contributed by atoms with E-state index in [-0.39, 0.29) is 29.9 Å². The first kappa shape index (κ1) is 23.1. The lowest BCUT2D eigenvalue weighted by Crippen LogP contribution is -2.24. The standard InChI is InChI=1S/C24H34O5/c1-2-3-4-5-9-13-20(25)14-10-15-21(18-22-16-17-23(26)28-22)29-24(27)19-11-7-6-8-12-19/h6-8,11-12,21-22H,2-5,9-10,13-18H2,1H3/t21-,22?/m0/s1. The van der Waals surface area contributed by atoms with Crippen molar-refractivity contribution < 1.29 is 23.9 Å². The van der Waals surface area contributed by atoms with Gasteiger partial charge in [-0.2, -0.15) is 0 Å². The van der Waals surface area contributed by atoms with Crippen LogP contribution in [0.5, 0.6) is 0 Å². The van der Waals surface area contributed by atoms with Crippen LogP contribution in [0.2, 0.25) is 0 Å². The molecule has 1 aliphatic heterocycles. The Kier molecular flexibility index (Phi) is 10.5. The number of carbonyl (C=O) groups excluding carboxylic acids is 3. The van der Waals surface area contributed by atoms with Gasteiger partial charge in [-0.3, -0.25) is 9.59 Å². The maximum absolute atomic E-state index is 12.4. The average Bonchev–Trinajstić information content (AvgIpc) is 3.13. The molecule has 2 atom stereocenters. The van der Waals surface area contributed by atoms with E-state index in [1.807, 2.05) is 6.07 Å². The molecule has 0 N–H and O–H groups in total. The lowest BCUT2D eigenvalue weighted by atomic mass is 10.0. The highest BCUT2D eigenvalue weighted by Gasteiger charge is 2.28. The van der Waals surface area contributed by atoms with E-state index >= 15 is 0 Å². The molecular formula is C24H34O5. The molecule has 5 heteroatoms. The van der Waals surface area contributed by atoms with Gasteiger partial charge < -0.3 is 9.47 Å². The first-order chi connectivity index (χ1) is 14.1. The molecule has 29 heavy (non-hydrogen) atoms. The van der Waals surface area contributed by atoms with Crippen LogP contribution in [0.4, 0.5) is 0 Å². The molecule has 0 bridgehead atoms. The van der Waals surface area contributed by atoms with Crippen molar-refractivity contribution in [3.63, 3.8) is 0 Å². The molecular weight excluding hydrogens is 368 g/mol. The van der Waals surface area contributed by atoms with Gasteiger partial charge in [0.15, 0.2) is 0 Å². The van der Waals surface area contributed by atoms with Gasteiger partial charge in [-0.05, 0) is 37.8 Å². The number of benzene rings is 1. The first-order valence-corrected chi connectivity index (χ1v) is 11.1. The van der Waals surface area contributed by atoms with E-state index in [0.29, 0.717) is 50.5 Å². The van der Waals surface area contributed by atoms with Crippen molar-refractivity contribution >= 4 is 17.7 Å². The minimum atomic E-state index is -0.373. The Morgan fingerprint density at radius 3 is 2.48 bits per heavy atom. The molecule has 2 rings (SSSR count). The van der Waals surface area contributed by atoms with Crippen LogP contribution < -0.4 is 0 Å². The molecule has 1 heterocycles. The van der Waals surface area contributed by atoms with Crippen molar-refractivity contribution in [3.8, 4) is 0 Å². The van der Waals surface area contributed by atoms with Crippen molar-refractivity contribution in [3.05, 3.63) is 35.9 Å². The Bertz CT molecular complexity index is 640. The van der Waals surface area contributed by atoms with Gasteiger partial charge in [-0.1, -0.05) is 50.8 Å². The average molecular weight is 403 g/mol. The Hall–Kier alpha value is -2.17. The molecule has 1 aliphatic rings. The summed E-state index contributed by atoms with van der Waals surface area (Å²) < 4.78 is 11.0. The van der Waals surface area contributed by atoms with E-state index < -0.39 is 0 Å². The second-order valence-electron chi connectivity index (χ2n) is 7.87. The summed E-state index contributed by atoms with van der Waals surface area (Å²) in [4.78, 5) is 35.9. The predicted octanol–water partition coefficient (Wildman–Crippen LogP) is 5.41. The molecule has 1 unspecified atom stereocenters. The third-order valence-electron chi connectivity index (χ3n) is 5.32. The predicted molar refractivity (Wildman–Crippen MR) is 112 cm³/mol. The highest BCUT2D eigenvalue weighted by Crippen LogP contribution is 2.23. The molecule has 1 aromatic rings. The number of Topliss-reactive ketones (excluding diaryl/α,β-unsaturated/α-hetero) is 1. The van der Waals surface area contributed by atoms with Gasteiger partial charge in [-0.15, -0.1) is 0 Å². The Balaban J connectivity index is 1.77. The minimum absolute atomic E-state index is 0.193. The van der Waals surface area contributed by atoms with Gasteiger partial charge in [0.25, 0.3) is 0 Å². The van der Waals surface area contributed by atoms with Gasteiger partial charge in [-0.25, -0.2) is 4.79 Å². The quantitative estimate of drug-likeness (QED) is 0.307. The van der Waals surface area contributed by atoms with E-state index in [2.05, 4.69) is 6.92 Å². The maximum atomic E-state index is 12.4. The molecule has 5 nitrogen and oxygen atoms in total. The number of hydrogen-bond donors (Lipinski definition) is 0. The van der Waals surface area contributed by atoms with Crippen LogP contribution in [-0.4, -0.2) is 29.9 Å². The number of ketones is 1. The molecule has 0 saturated carbocycles. The Labute approximate surface area is 174 Å². The summed E-state index contributed by atoms with van der Waals surface area (Å²) in [5.41, 5.74) is 0.504. The third kappa shape index (κ3) is 9.25. The van der Waals surface area contributed by atoms with Gasteiger partial charge in [0.2, 0.25) is 0 Å².